The van der Waals surface area contributed by atoms with E-state index in [4.69, 9.17) is 27.9 Å². The molecule has 5 rings (SSSR count). The van der Waals surface area contributed by atoms with Gasteiger partial charge in [-0.05, 0) is 64.8 Å². The second-order valence-electron chi connectivity index (χ2n) is 12.7. The lowest BCUT2D eigenvalue weighted by molar-refractivity contribution is -0.136. The summed E-state index contributed by atoms with van der Waals surface area (Å²) in [7, 11) is 0. The zero-order chi connectivity index (χ0) is 33.7. The van der Waals surface area contributed by atoms with Crippen molar-refractivity contribution in [1.29, 1.82) is 0 Å². The number of hydrogen-bond donors (Lipinski definition) is 5. The van der Waals surface area contributed by atoms with Crippen LogP contribution in [0, 0.1) is 11.8 Å². The molecule has 4 unspecified atom stereocenters. The molecule has 4 aromatic rings. The van der Waals surface area contributed by atoms with Gasteiger partial charge >= 0.3 is 6.09 Å². The number of aromatic nitrogens is 5. The summed E-state index contributed by atoms with van der Waals surface area (Å²) in [4.78, 5) is 45.0. The first-order chi connectivity index (χ1) is 22.5. The number of ether oxygens (including phenoxy) is 1. The molecule has 0 aliphatic heterocycles. The van der Waals surface area contributed by atoms with Crippen molar-refractivity contribution in [1.82, 2.24) is 41.6 Å². The Morgan fingerprint density at radius 3 is 2.53 bits per heavy atom. The number of aromatic amines is 2. The van der Waals surface area contributed by atoms with Crippen molar-refractivity contribution in [2.24, 2.45) is 11.8 Å². The van der Waals surface area contributed by atoms with E-state index in [1.165, 1.54) is 0 Å². The highest BCUT2D eigenvalue weighted by Crippen LogP contribution is 2.38. The van der Waals surface area contributed by atoms with E-state index in [2.05, 4.69) is 41.6 Å². The molecule has 0 saturated heterocycles. The molecule has 3 amide bonds. The van der Waals surface area contributed by atoms with E-state index in [0.29, 0.717) is 40.6 Å². The molecule has 1 aliphatic rings. The van der Waals surface area contributed by atoms with Gasteiger partial charge in [0.05, 0.1) is 16.6 Å². The number of carbonyl (C=O) groups excluding carboxylic acids is 3. The minimum Gasteiger partial charge on any atom is -0.445 e. The van der Waals surface area contributed by atoms with E-state index in [0.717, 1.165) is 22.2 Å². The predicted molar refractivity (Wildman–Crippen MR) is 179 cm³/mol. The number of nitrogens with zero attached hydrogens (tertiary/aromatic N) is 3. The highest BCUT2D eigenvalue weighted by Gasteiger charge is 2.46. The molecule has 250 valence electrons. The number of nitrogens with one attached hydrogen (secondary N) is 5. The summed E-state index contributed by atoms with van der Waals surface area (Å²) in [6, 6.07) is 11.2. The summed E-state index contributed by atoms with van der Waals surface area (Å²) in [5, 5.41) is 24.9. The Kier molecular flexibility index (Phi) is 10.7. The summed E-state index contributed by atoms with van der Waals surface area (Å²) in [5.74, 6) is -0.537. The van der Waals surface area contributed by atoms with Crippen LogP contribution in [0.5, 0.6) is 0 Å². The zero-order valence-electron chi connectivity index (χ0n) is 26.8. The van der Waals surface area contributed by atoms with E-state index in [1.54, 1.807) is 6.07 Å². The molecule has 0 bridgehead atoms. The Morgan fingerprint density at radius 1 is 1.09 bits per heavy atom. The summed E-state index contributed by atoms with van der Waals surface area (Å²) in [6.07, 6.45) is 1.31. The average molecular weight is 684 g/mol. The van der Waals surface area contributed by atoms with Gasteiger partial charge in [0.2, 0.25) is 11.8 Å². The number of rotatable bonds is 12. The largest absolute Gasteiger partial charge is 0.445 e. The predicted octanol–water partition coefficient (Wildman–Crippen LogP) is 5.58. The Bertz CT molecular complexity index is 1710. The smallest absolute Gasteiger partial charge is 0.408 e. The van der Waals surface area contributed by atoms with Gasteiger partial charge in [-0.25, -0.2) is 9.89 Å². The SMILES string of the molecule is CCC(C)C(NC(=O)OCc1ccccc1)C(=O)NC1(C(=O)NC(CC(C)C)c2nnn[nH]2)CCc2[nH]c3c(Cl)cc(Cl)cc3c2C1. The first kappa shape index (κ1) is 34.2. The van der Waals surface area contributed by atoms with Crippen LogP contribution < -0.4 is 16.0 Å². The second kappa shape index (κ2) is 14.7. The van der Waals surface area contributed by atoms with Crippen molar-refractivity contribution in [3.05, 3.63) is 75.2 Å². The Morgan fingerprint density at radius 2 is 1.85 bits per heavy atom. The third-order valence-electron chi connectivity index (χ3n) is 8.78. The third kappa shape index (κ3) is 7.87. The lowest BCUT2D eigenvalue weighted by Crippen LogP contribution is -2.65. The summed E-state index contributed by atoms with van der Waals surface area (Å²) in [6.45, 7) is 7.92. The van der Waals surface area contributed by atoms with Gasteiger partial charge in [-0.15, -0.1) is 5.10 Å². The van der Waals surface area contributed by atoms with Crippen LogP contribution in [0.2, 0.25) is 10.0 Å². The van der Waals surface area contributed by atoms with Gasteiger partial charge in [0.1, 0.15) is 18.2 Å². The Balaban J connectivity index is 1.46. The molecule has 0 fully saturated rings. The number of carbonyl (C=O) groups is 3. The van der Waals surface area contributed by atoms with Crippen molar-refractivity contribution < 1.29 is 19.1 Å². The molecule has 2 aromatic heterocycles. The number of fused-ring (bicyclic) bond motifs is 3. The zero-order valence-corrected chi connectivity index (χ0v) is 28.3. The van der Waals surface area contributed by atoms with E-state index in [9.17, 15) is 14.4 Å². The topological polar surface area (TPSA) is 167 Å². The van der Waals surface area contributed by atoms with Crippen LogP contribution in [0.4, 0.5) is 4.79 Å². The molecule has 47 heavy (non-hydrogen) atoms. The quantitative estimate of drug-likeness (QED) is 0.130. The summed E-state index contributed by atoms with van der Waals surface area (Å²) >= 11 is 12.9. The van der Waals surface area contributed by atoms with Crippen LogP contribution >= 0.6 is 23.2 Å². The number of alkyl carbamates (subject to hydrolysis) is 1. The number of tetrazole rings is 1. The standard InChI is InChI=1S/C33H40Cl2N8O4/c1-5-19(4)27(38-32(46)47-17-20-9-7-6-8-10-20)30(44)39-33(31(45)37-26(13-18(2)3)29-40-42-43-41-29)12-11-25-23(16-33)22-14-21(34)15-24(35)28(22)36-25/h6-10,14-15,18-19,26-27,36H,5,11-13,16-17H2,1-4H3,(H,37,45)(H,38,46)(H,39,44)(H,40,41,42,43). The van der Waals surface area contributed by atoms with Gasteiger partial charge in [0.15, 0.2) is 5.82 Å². The Labute approximate surface area is 283 Å². The van der Waals surface area contributed by atoms with Crippen molar-refractivity contribution in [2.45, 2.75) is 84.0 Å². The van der Waals surface area contributed by atoms with E-state index >= 15 is 0 Å². The maximum Gasteiger partial charge on any atom is 0.408 e. The molecule has 5 N–H and O–H groups in total. The van der Waals surface area contributed by atoms with Crippen LogP contribution in [-0.4, -0.2) is 55.1 Å². The lowest BCUT2D eigenvalue weighted by atomic mass is 9.78. The minimum absolute atomic E-state index is 0.0516. The number of halogens is 2. The van der Waals surface area contributed by atoms with Crippen molar-refractivity contribution in [3.8, 4) is 0 Å². The molecule has 4 atom stereocenters. The summed E-state index contributed by atoms with van der Waals surface area (Å²) < 4.78 is 5.44. The maximum atomic E-state index is 14.5. The van der Waals surface area contributed by atoms with Crippen molar-refractivity contribution in [2.75, 3.05) is 0 Å². The Hall–Kier alpha value is -4.16. The monoisotopic (exact) mass is 682 g/mol. The average Bonchev–Trinajstić information content (AvgIpc) is 3.71. The minimum atomic E-state index is -1.39. The second-order valence-corrected chi connectivity index (χ2v) is 13.5. The van der Waals surface area contributed by atoms with Crippen molar-refractivity contribution >= 4 is 52.0 Å². The van der Waals surface area contributed by atoms with Crippen LogP contribution in [0.1, 0.15) is 75.6 Å². The van der Waals surface area contributed by atoms with E-state index in [-0.39, 0.29) is 31.3 Å². The fourth-order valence-electron chi connectivity index (χ4n) is 6.06. The van der Waals surface area contributed by atoms with Crippen LogP contribution in [-0.2, 0) is 33.8 Å². The molecule has 0 spiro atoms. The number of hydrogen-bond acceptors (Lipinski definition) is 7. The van der Waals surface area contributed by atoms with Crippen LogP contribution in [0.3, 0.4) is 0 Å². The first-order valence-corrected chi connectivity index (χ1v) is 16.6. The normalized spacial score (nSPS) is 17.9. The first-order valence-electron chi connectivity index (χ1n) is 15.8. The fraction of sp³-hybridized carbons (Fsp3) is 0.455. The molecule has 14 heteroatoms. The number of aryl methyl sites for hydroxylation is 1. The molecule has 0 radical (unpaired) electrons. The molecule has 2 heterocycles. The van der Waals surface area contributed by atoms with Crippen molar-refractivity contribution in [3.63, 3.8) is 0 Å². The molecular formula is C33H40Cl2N8O4. The van der Waals surface area contributed by atoms with E-state index in [1.807, 2.05) is 64.1 Å². The molecule has 12 nitrogen and oxygen atoms in total. The van der Waals surface area contributed by atoms with Crippen LogP contribution in [0.25, 0.3) is 10.9 Å². The third-order valence-corrected chi connectivity index (χ3v) is 9.30. The maximum absolute atomic E-state index is 14.5. The number of amides is 3. The number of H-pyrrole nitrogens is 2. The van der Waals surface area contributed by atoms with Gasteiger partial charge in [-0.3, -0.25) is 9.59 Å². The molecule has 0 saturated carbocycles. The van der Waals surface area contributed by atoms with Crippen LogP contribution in [0.15, 0.2) is 42.5 Å². The molecular weight excluding hydrogens is 643 g/mol. The van der Waals surface area contributed by atoms with Gasteiger partial charge in [0.25, 0.3) is 0 Å². The van der Waals surface area contributed by atoms with Gasteiger partial charge < -0.3 is 25.7 Å². The van der Waals surface area contributed by atoms with E-state index < -0.39 is 35.5 Å². The lowest BCUT2D eigenvalue weighted by Gasteiger charge is -2.39. The van der Waals surface area contributed by atoms with Gasteiger partial charge in [-0.2, -0.15) is 0 Å². The summed E-state index contributed by atoms with van der Waals surface area (Å²) in [5.41, 5.74) is 1.90. The highest BCUT2D eigenvalue weighted by molar-refractivity contribution is 6.38. The fourth-order valence-corrected chi connectivity index (χ4v) is 6.60. The molecule has 2 aromatic carbocycles. The molecule has 1 aliphatic carbocycles. The highest BCUT2D eigenvalue weighted by atomic mass is 35.5. The van der Waals surface area contributed by atoms with Gasteiger partial charge in [0, 0.05) is 22.5 Å². The number of benzene rings is 2. The van der Waals surface area contributed by atoms with Gasteiger partial charge in [-0.1, -0.05) is 87.6 Å².